The molecule has 0 saturated carbocycles. The number of aryl methyl sites for hydroxylation is 1. The number of benzene rings is 1. The lowest BCUT2D eigenvalue weighted by Crippen LogP contribution is -2.71. The van der Waals surface area contributed by atoms with Crippen LogP contribution in [0.25, 0.3) is 0 Å². The average Bonchev–Trinajstić information content (AvgIpc) is 2.47. The van der Waals surface area contributed by atoms with Gasteiger partial charge in [-0.3, -0.25) is 10.1 Å². The molecule has 0 spiro atoms. The van der Waals surface area contributed by atoms with E-state index >= 15 is 0 Å². The highest BCUT2D eigenvalue weighted by Gasteiger charge is 2.40. The molecule has 3 N–H and O–H groups in total. The van der Waals surface area contributed by atoms with Crippen molar-refractivity contribution in [1.82, 2.24) is 10.2 Å². The van der Waals surface area contributed by atoms with Gasteiger partial charge >= 0.3 is 0 Å². The Morgan fingerprint density at radius 1 is 1.50 bits per heavy atom. The Labute approximate surface area is 138 Å². The molecule has 1 aliphatic rings. The number of rotatable bonds is 4. The lowest BCUT2D eigenvalue weighted by molar-refractivity contribution is 0.0390. The van der Waals surface area contributed by atoms with Gasteiger partial charge in [0.2, 0.25) is 0 Å². The quantitative estimate of drug-likeness (QED) is 0.745. The maximum Gasteiger partial charge on any atom is 0.254 e. The summed E-state index contributed by atoms with van der Waals surface area (Å²) in [5, 5.41) is 3.34. The number of carbonyl (C=O) groups is 1. The van der Waals surface area contributed by atoms with Crippen LogP contribution >= 0.6 is 12.6 Å². The molecule has 22 heavy (non-hydrogen) atoms. The first-order valence-corrected chi connectivity index (χ1v) is 8.53. The SMILES string of the molecule is Cc1cccc(C(=O)N2CCN[C@@](C)(N)C2CCCS)c1C. The molecule has 1 aromatic carbocycles. The number of thiol groups is 1. The van der Waals surface area contributed by atoms with Crippen LogP contribution in [0.3, 0.4) is 0 Å². The predicted molar refractivity (Wildman–Crippen MR) is 94.4 cm³/mol. The Morgan fingerprint density at radius 3 is 2.91 bits per heavy atom. The van der Waals surface area contributed by atoms with Crippen LogP contribution in [0, 0.1) is 13.8 Å². The topological polar surface area (TPSA) is 58.4 Å². The molecule has 122 valence electrons. The summed E-state index contributed by atoms with van der Waals surface area (Å²) in [6, 6.07) is 5.88. The highest BCUT2D eigenvalue weighted by Crippen LogP contribution is 2.24. The van der Waals surface area contributed by atoms with Gasteiger partial charge in [-0.1, -0.05) is 12.1 Å². The summed E-state index contributed by atoms with van der Waals surface area (Å²) in [6.07, 6.45) is 1.80. The Morgan fingerprint density at radius 2 is 2.23 bits per heavy atom. The minimum atomic E-state index is -0.561. The largest absolute Gasteiger partial charge is 0.331 e. The van der Waals surface area contributed by atoms with Gasteiger partial charge in [0.15, 0.2) is 0 Å². The minimum absolute atomic E-state index is 0.0131. The number of nitrogens with two attached hydrogens (primary N) is 1. The summed E-state index contributed by atoms with van der Waals surface area (Å²) in [5.74, 6) is 0.890. The third kappa shape index (κ3) is 3.47. The molecule has 4 nitrogen and oxygen atoms in total. The average molecular weight is 321 g/mol. The summed E-state index contributed by atoms with van der Waals surface area (Å²) in [7, 11) is 0. The van der Waals surface area contributed by atoms with Crippen LogP contribution in [0.4, 0.5) is 0 Å². The third-order valence-electron chi connectivity index (χ3n) is 4.66. The van der Waals surface area contributed by atoms with Gasteiger partial charge < -0.3 is 10.6 Å². The van der Waals surface area contributed by atoms with Crippen molar-refractivity contribution < 1.29 is 4.79 Å². The number of hydrogen-bond acceptors (Lipinski definition) is 4. The van der Waals surface area contributed by atoms with E-state index in [1.165, 1.54) is 0 Å². The Balaban J connectivity index is 2.30. The fraction of sp³-hybridized carbons (Fsp3) is 0.588. The van der Waals surface area contributed by atoms with Gasteiger partial charge in [0.25, 0.3) is 5.91 Å². The molecule has 5 heteroatoms. The maximum absolute atomic E-state index is 13.1. The Bertz CT molecular complexity index is 545. The molecule has 2 atom stereocenters. The molecule has 1 fully saturated rings. The Kier molecular flexibility index (Phi) is 5.53. The summed E-state index contributed by atoms with van der Waals surface area (Å²) >= 11 is 4.29. The molecule has 1 heterocycles. The zero-order valence-corrected chi connectivity index (χ0v) is 14.6. The second kappa shape index (κ2) is 7.02. The van der Waals surface area contributed by atoms with Crippen LogP contribution in [-0.4, -0.2) is 41.4 Å². The first-order valence-electron chi connectivity index (χ1n) is 7.90. The number of piperazine rings is 1. The first kappa shape index (κ1) is 17.3. The van der Waals surface area contributed by atoms with Gasteiger partial charge in [-0.2, -0.15) is 12.6 Å². The molecule has 0 bridgehead atoms. The zero-order chi connectivity index (χ0) is 16.3. The van der Waals surface area contributed by atoms with Gasteiger partial charge in [-0.15, -0.1) is 0 Å². The maximum atomic E-state index is 13.1. The monoisotopic (exact) mass is 321 g/mol. The van der Waals surface area contributed by atoms with Crippen molar-refractivity contribution in [3.05, 3.63) is 34.9 Å². The van der Waals surface area contributed by atoms with Crippen molar-refractivity contribution in [2.75, 3.05) is 18.8 Å². The van der Waals surface area contributed by atoms with Gasteiger partial charge in [-0.05, 0) is 56.6 Å². The van der Waals surface area contributed by atoms with E-state index < -0.39 is 5.66 Å². The number of amides is 1. The van der Waals surface area contributed by atoms with E-state index in [1.54, 1.807) is 0 Å². The lowest BCUT2D eigenvalue weighted by atomic mass is 9.92. The van der Waals surface area contributed by atoms with Crippen LogP contribution in [0.5, 0.6) is 0 Å². The van der Waals surface area contributed by atoms with Crippen LogP contribution in [0.15, 0.2) is 18.2 Å². The zero-order valence-electron chi connectivity index (χ0n) is 13.7. The van der Waals surface area contributed by atoms with Crippen molar-refractivity contribution in [2.45, 2.75) is 45.3 Å². The molecule has 1 aliphatic heterocycles. The second-order valence-electron chi connectivity index (χ2n) is 6.34. The van der Waals surface area contributed by atoms with Crippen LogP contribution in [0.2, 0.25) is 0 Å². The fourth-order valence-corrected chi connectivity index (χ4v) is 3.35. The molecule has 2 rings (SSSR count). The number of nitrogens with one attached hydrogen (secondary N) is 1. The molecule has 0 aromatic heterocycles. The van der Waals surface area contributed by atoms with E-state index in [-0.39, 0.29) is 11.9 Å². The van der Waals surface area contributed by atoms with Crippen molar-refractivity contribution in [3.63, 3.8) is 0 Å². The first-order chi connectivity index (χ1) is 10.4. The van der Waals surface area contributed by atoms with Crippen molar-refractivity contribution in [3.8, 4) is 0 Å². The third-order valence-corrected chi connectivity index (χ3v) is 4.97. The molecular weight excluding hydrogens is 294 g/mol. The lowest BCUT2D eigenvalue weighted by Gasteiger charge is -2.47. The number of hydrogen-bond donors (Lipinski definition) is 3. The van der Waals surface area contributed by atoms with E-state index in [2.05, 4.69) is 17.9 Å². The van der Waals surface area contributed by atoms with E-state index in [9.17, 15) is 4.79 Å². The van der Waals surface area contributed by atoms with E-state index in [1.807, 2.05) is 43.9 Å². The van der Waals surface area contributed by atoms with Crippen molar-refractivity contribution in [1.29, 1.82) is 0 Å². The number of nitrogens with zero attached hydrogens (tertiary/aromatic N) is 1. The molecule has 1 unspecified atom stereocenters. The van der Waals surface area contributed by atoms with E-state index in [0.29, 0.717) is 6.54 Å². The molecule has 1 saturated heterocycles. The van der Waals surface area contributed by atoms with E-state index in [4.69, 9.17) is 5.73 Å². The normalized spacial score (nSPS) is 25.3. The van der Waals surface area contributed by atoms with Gasteiger partial charge in [0, 0.05) is 18.7 Å². The molecule has 1 amide bonds. The predicted octanol–water partition coefficient (Wildman–Crippen LogP) is 2.10. The second-order valence-corrected chi connectivity index (χ2v) is 6.78. The molecular formula is C17H27N3OS. The smallest absolute Gasteiger partial charge is 0.254 e. The highest BCUT2D eigenvalue weighted by atomic mass is 32.1. The van der Waals surface area contributed by atoms with E-state index in [0.717, 1.165) is 41.8 Å². The molecule has 0 radical (unpaired) electrons. The molecule has 0 aliphatic carbocycles. The van der Waals surface area contributed by atoms with Gasteiger partial charge in [0.05, 0.1) is 11.7 Å². The summed E-state index contributed by atoms with van der Waals surface area (Å²) in [6.45, 7) is 7.43. The summed E-state index contributed by atoms with van der Waals surface area (Å²) < 4.78 is 0. The fourth-order valence-electron chi connectivity index (χ4n) is 3.16. The summed E-state index contributed by atoms with van der Waals surface area (Å²) in [5.41, 5.74) is 8.83. The van der Waals surface area contributed by atoms with Gasteiger partial charge in [0.1, 0.15) is 0 Å². The van der Waals surface area contributed by atoms with Crippen molar-refractivity contribution in [2.24, 2.45) is 5.73 Å². The standard InChI is InChI=1S/C17H27N3OS/c1-12-6-4-7-14(13(12)2)16(21)20-10-9-19-17(3,18)15(20)8-5-11-22/h4,6-7,15,19,22H,5,8-11,18H2,1-3H3/t15?,17-/m1/s1. The summed E-state index contributed by atoms with van der Waals surface area (Å²) in [4.78, 5) is 15.0. The van der Waals surface area contributed by atoms with Crippen molar-refractivity contribution >= 4 is 18.5 Å². The highest BCUT2D eigenvalue weighted by molar-refractivity contribution is 7.80. The molecule has 1 aromatic rings. The number of carbonyl (C=O) groups excluding carboxylic acids is 1. The minimum Gasteiger partial charge on any atom is -0.331 e. The van der Waals surface area contributed by atoms with Gasteiger partial charge in [-0.25, -0.2) is 0 Å². The van der Waals surface area contributed by atoms with Crippen LogP contribution in [-0.2, 0) is 0 Å². The van der Waals surface area contributed by atoms with Crippen LogP contribution < -0.4 is 11.1 Å². The van der Waals surface area contributed by atoms with Crippen LogP contribution in [0.1, 0.15) is 41.3 Å². The Hall–Kier alpha value is -1.04.